The van der Waals surface area contributed by atoms with E-state index < -0.39 is 0 Å². The van der Waals surface area contributed by atoms with Crippen LogP contribution in [0.15, 0.2) is 249 Å². The molecule has 0 N–H and O–H groups in total. The number of hydrogen-bond acceptors (Lipinski definition) is 4. The second-order valence-electron chi connectivity index (χ2n) is 16.7. The molecule has 5 heteroatoms. The van der Waals surface area contributed by atoms with Crippen LogP contribution < -0.4 is 0 Å². The molecule has 0 saturated carbocycles. The summed E-state index contributed by atoms with van der Waals surface area (Å²) in [4.78, 5) is 20.3. The molecule has 5 nitrogen and oxygen atoms in total. The summed E-state index contributed by atoms with van der Waals surface area (Å²) in [5.74, 6) is 1.40. The molecule has 67 heavy (non-hydrogen) atoms. The van der Waals surface area contributed by atoms with Gasteiger partial charge in [0.25, 0.3) is 0 Å². The number of aromatic nitrogens is 5. The van der Waals surface area contributed by atoms with Gasteiger partial charge in [-0.25, -0.2) is 19.9 Å². The van der Waals surface area contributed by atoms with E-state index in [9.17, 15) is 0 Å². The summed E-state index contributed by atoms with van der Waals surface area (Å²) in [6, 6.07) is 87.0. The Labute approximate surface area is 389 Å². The van der Waals surface area contributed by atoms with Gasteiger partial charge in [-0.15, -0.1) is 0 Å². The van der Waals surface area contributed by atoms with Gasteiger partial charge in [0.1, 0.15) is 0 Å². The minimum atomic E-state index is 0.699. The summed E-state index contributed by atoms with van der Waals surface area (Å²) in [5.41, 5.74) is 17.5. The van der Waals surface area contributed by atoms with E-state index in [2.05, 4.69) is 180 Å². The highest BCUT2D eigenvalue weighted by Crippen LogP contribution is 2.39. The zero-order valence-corrected chi connectivity index (χ0v) is 36.4. The number of nitrogens with zero attached hydrogens (tertiary/aromatic N) is 5. The van der Waals surface area contributed by atoms with Crippen LogP contribution in [0.5, 0.6) is 0 Å². The molecular weight excluding hydrogens is 815 g/mol. The summed E-state index contributed by atoms with van der Waals surface area (Å²) in [7, 11) is 0. The van der Waals surface area contributed by atoms with Gasteiger partial charge in [0.05, 0.1) is 33.8 Å². The first kappa shape index (κ1) is 39.5. The molecule has 3 aromatic heterocycles. The van der Waals surface area contributed by atoms with Gasteiger partial charge in [0, 0.05) is 49.8 Å². The predicted molar refractivity (Wildman–Crippen MR) is 275 cm³/mol. The van der Waals surface area contributed by atoms with E-state index in [0.29, 0.717) is 11.6 Å². The van der Waals surface area contributed by atoms with E-state index in [-0.39, 0.29) is 0 Å². The highest BCUT2D eigenvalue weighted by atomic mass is 15.0. The monoisotopic (exact) mass is 855 g/mol. The van der Waals surface area contributed by atoms with Gasteiger partial charge >= 0.3 is 0 Å². The van der Waals surface area contributed by atoms with Crippen LogP contribution in [0, 0.1) is 0 Å². The SMILES string of the molecule is c1ccc(-c2cc(-c3cccc(-c4ccc5c(c4)c4cc(-c6cccc(-c7cc(-c8ccccc8)nc(-c8ccccc8)n7)c6)ccc4n5-c4ccccc4)c3)nc(-c3ccccc3)n2)cc1. The molecule has 0 spiro atoms. The minimum Gasteiger partial charge on any atom is -0.309 e. The lowest BCUT2D eigenvalue weighted by Gasteiger charge is -2.11. The Morgan fingerprint density at radius 3 is 0.940 bits per heavy atom. The van der Waals surface area contributed by atoms with Crippen molar-refractivity contribution < 1.29 is 0 Å². The molecule has 0 amide bonds. The quantitative estimate of drug-likeness (QED) is 0.145. The van der Waals surface area contributed by atoms with Gasteiger partial charge < -0.3 is 4.57 Å². The molecule has 0 unspecified atom stereocenters. The summed E-state index contributed by atoms with van der Waals surface area (Å²) < 4.78 is 2.37. The van der Waals surface area contributed by atoms with E-state index in [0.717, 1.165) is 95.1 Å². The Morgan fingerprint density at radius 2 is 0.537 bits per heavy atom. The highest BCUT2D eigenvalue weighted by molar-refractivity contribution is 6.11. The minimum absolute atomic E-state index is 0.699. The van der Waals surface area contributed by atoms with Crippen molar-refractivity contribution in [3.63, 3.8) is 0 Å². The Balaban J connectivity index is 0.972. The van der Waals surface area contributed by atoms with Gasteiger partial charge in [0.15, 0.2) is 11.6 Å². The third kappa shape index (κ3) is 7.75. The molecule has 0 bridgehead atoms. The molecule has 0 atom stereocenters. The van der Waals surface area contributed by atoms with Crippen molar-refractivity contribution in [1.29, 1.82) is 0 Å². The fourth-order valence-corrected chi connectivity index (χ4v) is 9.09. The molecule has 3 heterocycles. The lowest BCUT2D eigenvalue weighted by molar-refractivity contribution is 1.18. The number of para-hydroxylation sites is 1. The second kappa shape index (κ2) is 17.1. The first-order valence-corrected chi connectivity index (χ1v) is 22.5. The topological polar surface area (TPSA) is 56.5 Å². The highest BCUT2D eigenvalue weighted by Gasteiger charge is 2.17. The van der Waals surface area contributed by atoms with Crippen LogP contribution in [0.1, 0.15) is 0 Å². The van der Waals surface area contributed by atoms with E-state index >= 15 is 0 Å². The van der Waals surface area contributed by atoms with Gasteiger partial charge in [-0.2, -0.15) is 0 Å². The van der Waals surface area contributed by atoms with Crippen LogP contribution in [0.2, 0.25) is 0 Å². The Hall–Kier alpha value is -9.06. The van der Waals surface area contributed by atoms with Crippen LogP contribution in [-0.2, 0) is 0 Å². The van der Waals surface area contributed by atoms with Gasteiger partial charge in [0.2, 0.25) is 0 Å². The molecule has 0 radical (unpaired) electrons. The zero-order valence-electron chi connectivity index (χ0n) is 36.4. The third-order valence-electron chi connectivity index (χ3n) is 12.4. The molecule has 9 aromatic carbocycles. The van der Waals surface area contributed by atoms with Crippen LogP contribution in [0.25, 0.3) is 118 Å². The average molecular weight is 856 g/mol. The Morgan fingerprint density at radius 1 is 0.224 bits per heavy atom. The van der Waals surface area contributed by atoms with Crippen molar-refractivity contribution in [2.45, 2.75) is 0 Å². The number of rotatable bonds is 9. The standard InChI is InChI=1S/C62H41N5/c1-6-18-42(19-7-1)55-40-57(65-61(63-55)44-22-10-3-11-23-44)50-28-16-26-46(36-50)48-32-34-59-53(38-48)54-39-49(33-35-60(54)67(59)52-30-14-5-15-31-52)47-27-17-29-51(37-47)58-41-56(43-20-8-2-9-21-43)64-62(66-58)45-24-12-4-13-25-45/h1-41H. The van der Waals surface area contributed by atoms with Crippen LogP contribution in [0.3, 0.4) is 0 Å². The maximum Gasteiger partial charge on any atom is 0.160 e. The first-order valence-electron chi connectivity index (χ1n) is 22.5. The van der Waals surface area contributed by atoms with Crippen LogP contribution in [0.4, 0.5) is 0 Å². The van der Waals surface area contributed by atoms with E-state index in [1.54, 1.807) is 0 Å². The number of hydrogen-bond donors (Lipinski definition) is 0. The molecule has 0 aliphatic carbocycles. The van der Waals surface area contributed by atoms with E-state index in [1.165, 1.54) is 10.8 Å². The van der Waals surface area contributed by atoms with Crippen molar-refractivity contribution in [1.82, 2.24) is 24.5 Å². The van der Waals surface area contributed by atoms with Crippen LogP contribution >= 0.6 is 0 Å². The van der Waals surface area contributed by atoms with Crippen molar-refractivity contribution in [2.75, 3.05) is 0 Å². The summed E-state index contributed by atoms with van der Waals surface area (Å²) in [6.45, 7) is 0. The number of fused-ring (bicyclic) bond motifs is 3. The van der Waals surface area contributed by atoms with Gasteiger partial charge in [-0.3, -0.25) is 0 Å². The summed E-state index contributed by atoms with van der Waals surface area (Å²) in [6.07, 6.45) is 0. The van der Waals surface area contributed by atoms with Crippen molar-refractivity contribution in [2.24, 2.45) is 0 Å². The Kier molecular flexibility index (Phi) is 10.1. The zero-order chi connectivity index (χ0) is 44.5. The Bertz CT molecular complexity index is 3380. The predicted octanol–water partition coefficient (Wildman–Crippen LogP) is 15.7. The van der Waals surface area contributed by atoms with Crippen molar-refractivity contribution in [3.05, 3.63) is 249 Å². The molecule has 0 saturated heterocycles. The lowest BCUT2D eigenvalue weighted by atomic mass is 9.97. The fraction of sp³-hybridized carbons (Fsp3) is 0. The average Bonchev–Trinajstić information content (AvgIpc) is 3.75. The smallest absolute Gasteiger partial charge is 0.160 e. The number of benzene rings is 9. The van der Waals surface area contributed by atoms with Gasteiger partial charge in [-0.05, 0) is 82.9 Å². The van der Waals surface area contributed by atoms with Crippen LogP contribution in [-0.4, -0.2) is 24.5 Å². The summed E-state index contributed by atoms with van der Waals surface area (Å²) in [5, 5.41) is 2.35. The van der Waals surface area contributed by atoms with Crippen molar-refractivity contribution >= 4 is 21.8 Å². The molecule has 0 aliphatic heterocycles. The fourth-order valence-electron chi connectivity index (χ4n) is 9.09. The molecule has 12 rings (SSSR count). The normalized spacial score (nSPS) is 11.3. The van der Waals surface area contributed by atoms with E-state index in [1.807, 2.05) is 72.8 Å². The molecule has 12 aromatic rings. The molecule has 0 fully saturated rings. The molecule has 314 valence electrons. The maximum atomic E-state index is 5.14. The summed E-state index contributed by atoms with van der Waals surface area (Å²) >= 11 is 0. The largest absolute Gasteiger partial charge is 0.309 e. The second-order valence-corrected chi connectivity index (χ2v) is 16.7. The van der Waals surface area contributed by atoms with E-state index in [4.69, 9.17) is 19.9 Å². The molecular formula is C62H41N5. The first-order chi connectivity index (χ1) is 33.2. The lowest BCUT2D eigenvalue weighted by Crippen LogP contribution is -1.96. The maximum absolute atomic E-state index is 5.14. The van der Waals surface area contributed by atoms with Gasteiger partial charge in [-0.1, -0.05) is 188 Å². The van der Waals surface area contributed by atoms with Crippen molar-refractivity contribution in [3.8, 4) is 95.7 Å². The molecule has 0 aliphatic rings. The third-order valence-corrected chi connectivity index (χ3v) is 12.4.